The van der Waals surface area contributed by atoms with Crippen LogP contribution in [0.1, 0.15) is 27.6 Å². The van der Waals surface area contributed by atoms with Gasteiger partial charge in [0.05, 0.1) is 39.2 Å². The van der Waals surface area contributed by atoms with Crippen LogP contribution >= 0.6 is 23.1 Å². The molecule has 0 spiro atoms. The first kappa shape index (κ1) is 19.6. The molecule has 0 aliphatic rings. The summed E-state index contributed by atoms with van der Waals surface area (Å²) in [6.07, 6.45) is 0. The van der Waals surface area contributed by atoms with Gasteiger partial charge in [0.2, 0.25) is 5.13 Å². The molecule has 3 aromatic heterocycles. The first-order chi connectivity index (χ1) is 15.0. The first-order valence-corrected chi connectivity index (χ1v) is 11.3. The number of aryl methyl sites for hydroxylation is 2. The van der Waals surface area contributed by atoms with Crippen molar-refractivity contribution in [3.8, 4) is 0 Å². The van der Waals surface area contributed by atoms with Crippen LogP contribution in [-0.2, 0) is 5.75 Å². The van der Waals surface area contributed by atoms with Crippen molar-refractivity contribution in [2.45, 2.75) is 23.9 Å². The highest BCUT2D eigenvalue weighted by Crippen LogP contribution is 2.28. The molecule has 0 aliphatic heterocycles. The fourth-order valence-corrected chi connectivity index (χ4v) is 4.68. The number of nitrogens with zero attached hydrogens (tertiary/aromatic N) is 5. The second-order valence-corrected chi connectivity index (χ2v) is 9.11. The Morgan fingerprint density at radius 1 is 1.00 bits per heavy atom. The minimum absolute atomic E-state index is 0.257. The molecule has 1 amide bonds. The van der Waals surface area contributed by atoms with E-state index in [0.29, 0.717) is 22.0 Å². The molecule has 0 unspecified atom stereocenters. The number of para-hydroxylation sites is 2. The molecule has 0 saturated heterocycles. The zero-order valence-electron chi connectivity index (χ0n) is 16.7. The number of rotatable bonds is 5. The maximum Gasteiger partial charge on any atom is 0.257 e. The molecule has 154 valence electrons. The third-order valence-corrected chi connectivity index (χ3v) is 6.72. The number of benzene rings is 2. The second-order valence-electron chi connectivity index (χ2n) is 6.91. The minimum atomic E-state index is -0.257. The van der Waals surface area contributed by atoms with Crippen LogP contribution in [0.15, 0.2) is 46.8 Å². The Balaban J connectivity index is 1.26. The van der Waals surface area contributed by atoms with E-state index in [1.807, 2.05) is 38.1 Å². The Kier molecular flexibility index (Phi) is 5.08. The van der Waals surface area contributed by atoms with E-state index in [2.05, 4.69) is 35.5 Å². The summed E-state index contributed by atoms with van der Waals surface area (Å²) < 4.78 is 0.756. The lowest BCUT2D eigenvalue weighted by Gasteiger charge is -2.05. The van der Waals surface area contributed by atoms with E-state index < -0.39 is 0 Å². The Morgan fingerprint density at radius 3 is 2.65 bits per heavy atom. The van der Waals surface area contributed by atoms with Gasteiger partial charge in [0.1, 0.15) is 5.82 Å². The molecule has 10 heteroatoms. The summed E-state index contributed by atoms with van der Waals surface area (Å²) in [6, 6.07) is 13.2. The average Bonchev–Trinajstić information content (AvgIpc) is 3.39. The zero-order chi connectivity index (χ0) is 21.4. The second kappa shape index (κ2) is 8.05. The molecule has 0 bridgehead atoms. The fourth-order valence-electron chi connectivity index (χ4n) is 3.06. The summed E-state index contributed by atoms with van der Waals surface area (Å²) in [4.78, 5) is 29.5. The largest absolute Gasteiger partial charge is 0.341 e. The lowest BCUT2D eigenvalue weighted by Crippen LogP contribution is -2.11. The van der Waals surface area contributed by atoms with Crippen molar-refractivity contribution in [2.75, 3.05) is 5.32 Å². The van der Waals surface area contributed by atoms with Gasteiger partial charge in [-0.1, -0.05) is 35.2 Å². The van der Waals surface area contributed by atoms with E-state index in [1.165, 1.54) is 23.1 Å². The molecular weight excluding hydrogens is 430 g/mol. The predicted octanol–water partition coefficient (Wildman–Crippen LogP) is 4.52. The van der Waals surface area contributed by atoms with Crippen LogP contribution in [0, 0.1) is 13.8 Å². The van der Waals surface area contributed by atoms with E-state index in [0.717, 1.165) is 38.1 Å². The van der Waals surface area contributed by atoms with Crippen LogP contribution in [-0.4, -0.2) is 36.0 Å². The molecule has 31 heavy (non-hydrogen) atoms. The van der Waals surface area contributed by atoms with Crippen molar-refractivity contribution in [3.05, 3.63) is 65.2 Å². The number of fused-ring (bicyclic) bond motifs is 2. The summed E-state index contributed by atoms with van der Waals surface area (Å²) in [7, 11) is 0. The summed E-state index contributed by atoms with van der Waals surface area (Å²) in [5, 5.41) is 11.5. The third-order valence-electron chi connectivity index (χ3n) is 4.74. The van der Waals surface area contributed by atoms with Crippen molar-refractivity contribution < 1.29 is 4.79 Å². The molecule has 0 radical (unpaired) electrons. The summed E-state index contributed by atoms with van der Waals surface area (Å²) in [5.74, 6) is 1.25. The van der Waals surface area contributed by atoms with E-state index in [1.54, 1.807) is 18.2 Å². The van der Waals surface area contributed by atoms with Crippen molar-refractivity contribution in [1.82, 2.24) is 30.1 Å². The molecule has 8 nitrogen and oxygen atoms in total. The number of hydrogen-bond acceptors (Lipinski definition) is 8. The lowest BCUT2D eigenvalue weighted by molar-refractivity contribution is 0.102. The maximum absolute atomic E-state index is 12.7. The number of nitrogens with one attached hydrogen (secondary N) is 2. The van der Waals surface area contributed by atoms with Crippen LogP contribution in [0.2, 0.25) is 0 Å². The number of aromatic amines is 1. The van der Waals surface area contributed by atoms with Crippen molar-refractivity contribution in [3.63, 3.8) is 0 Å². The first-order valence-electron chi connectivity index (χ1n) is 9.51. The standard InChI is InChI=1S/C21H17N7OS2/c1-11-12(2)23-17-9-13(7-8-16(17)22-11)19(29)26-20-27-28-21(31-20)30-10-18-24-14-5-3-4-6-15(14)25-18/h3-9H,10H2,1-2H3,(H,24,25)(H,26,27,29). The van der Waals surface area contributed by atoms with Gasteiger partial charge in [0.25, 0.3) is 5.91 Å². The Morgan fingerprint density at radius 2 is 1.81 bits per heavy atom. The number of carbonyl (C=O) groups is 1. The highest BCUT2D eigenvalue weighted by atomic mass is 32.2. The Labute approximate surface area is 185 Å². The van der Waals surface area contributed by atoms with Crippen LogP contribution in [0.25, 0.3) is 22.1 Å². The number of hydrogen-bond donors (Lipinski definition) is 2. The molecule has 5 aromatic rings. The molecule has 3 heterocycles. The highest BCUT2D eigenvalue weighted by molar-refractivity contribution is 8.00. The van der Waals surface area contributed by atoms with Crippen molar-refractivity contribution >= 4 is 56.2 Å². The lowest BCUT2D eigenvalue weighted by atomic mass is 10.1. The molecule has 0 aliphatic carbocycles. The van der Waals surface area contributed by atoms with Gasteiger partial charge in [-0.2, -0.15) is 0 Å². The summed E-state index contributed by atoms with van der Waals surface area (Å²) in [5.41, 5.74) is 5.63. The molecule has 2 N–H and O–H groups in total. The van der Waals surface area contributed by atoms with Gasteiger partial charge < -0.3 is 4.98 Å². The maximum atomic E-state index is 12.7. The van der Waals surface area contributed by atoms with E-state index >= 15 is 0 Å². The van der Waals surface area contributed by atoms with Gasteiger partial charge in [0.15, 0.2) is 4.34 Å². The number of anilines is 1. The summed E-state index contributed by atoms with van der Waals surface area (Å²) >= 11 is 2.85. The summed E-state index contributed by atoms with van der Waals surface area (Å²) in [6.45, 7) is 3.82. The van der Waals surface area contributed by atoms with Gasteiger partial charge in [-0.3, -0.25) is 10.1 Å². The van der Waals surface area contributed by atoms with Gasteiger partial charge in [0, 0.05) is 5.56 Å². The number of thioether (sulfide) groups is 1. The number of amides is 1. The van der Waals surface area contributed by atoms with Crippen LogP contribution in [0.4, 0.5) is 5.13 Å². The van der Waals surface area contributed by atoms with Gasteiger partial charge in [-0.25, -0.2) is 15.0 Å². The van der Waals surface area contributed by atoms with Crippen LogP contribution < -0.4 is 5.32 Å². The number of imidazole rings is 1. The smallest absolute Gasteiger partial charge is 0.257 e. The van der Waals surface area contributed by atoms with Gasteiger partial charge in [-0.15, -0.1) is 10.2 Å². The van der Waals surface area contributed by atoms with E-state index in [9.17, 15) is 4.79 Å². The monoisotopic (exact) mass is 447 g/mol. The topological polar surface area (TPSA) is 109 Å². The highest BCUT2D eigenvalue weighted by Gasteiger charge is 2.13. The van der Waals surface area contributed by atoms with Crippen LogP contribution in [0.5, 0.6) is 0 Å². The number of H-pyrrole nitrogens is 1. The molecule has 0 atom stereocenters. The Bertz CT molecular complexity index is 1390. The number of carbonyl (C=O) groups excluding carboxylic acids is 1. The molecule has 5 rings (SSSR count). The molecular formula is C21H17N7OS2. The third kappa shape index (κ3) is 4.12. The minimum Gasteiger partial charge on any atom is -0.341 e. The van der Waals surface area contributed by atoms with Crippen molar-refractivity contribution in [2.24, 2.45) is 0 Å². The normalized spacial score (nSPS) is 11.3. The van der Waals surface area contributed by atoms with E-state index in [4.69, 9.17) is 0 Å². The molecule has 0 fully saturated rings. The Hall–Kier alpha value is -3.37. The zero-order valence-corrected chi connectivity index (χ0v) is 18.3. The average molecular weight is 448 g/mol. The predicted molar refractivity (Wildman–Crippen MR) is 123 cm³/mol. The quantitative estimate of drug-likeness (QED) is 0.301. The SMILES string of the molecule is Cc1nc2ccc(C(=O)Nc3nnc(SCc4nc5ccccc5[nH]4)s3)cc2nc1C. The fraction of sp³-hybridized carbons (Fsp3) is 0.143. The van der Waals surface area contributed by atoms with Crippen LogP contribution in [0.3, 0.4) is 0 Å². The number of aromatic nitrogens is 6. The molecule has 0 saturated carbocycles. The van der Waals surface area contributed by atoms with Crippen molar-refractivity contribution in [1.29, 1.82) is 0 Å². The van der Waals surface area contributed by atoms with Gasteiger partial charge in [-0.05, 0) is 44.2 Å². The van der Waals surface area contributed by atoms with E-state index in [-0.39, 0.29) is 5.91 Å². The molecule has 2 aromatic carbocycles. The van der Waals surface area contributed by atoms with Gasteiger partial charge >= 0.3 is 0 Å².